The zero-order valence-corrected chi connectivity index (χ0v) is 12.6. The molecule has 0 spiro atoms. The Bertz CT molecular complexity index is 617. The van der Waals surface area contributed by atoms with E-state index >= 15 is 0 Å². The Morgan fingerprint density at radius 2 is 2.00 bits per heavy atom. The second-order valence-corrected chi connectivity index (χ2v) is 6.88. The fraction of sp³-hybridized carbons (Fsp3) is 0.667. The first-order chi connectivity index (χ1) is 9.30. The lowest BCUT2D eigenvalue weighted by atomic mass is 9.91. The molecule has 20 heavy (non-hydrogen) atoms. The molecule has 0 unspecified atom stereocenters. The van der Waals surface area contributed by atoms with Gasteiger partial charge in [-0.2, -0.15) is 9.98 Å². The lowest BCUT2D eigenvalue weighted by Crippen LogP contribution is -2.53. The molecule has 1 N–H and O–H groups in total. The Hall–Kier alpha value is -1.43. The molecule has 1 saturated heterocycles. The smallest absolute Gasteiger partial charge is 0.247 e. The van der Waals surface area contributed by atoms with E-state index in [2.05, 4.69) is 20.8 Å². The third kappa shape index (κ3) is 2.70. The number of aryl methyl sites for hydroxylation is 2. The molecule has 110 valence electrons. The molecule has 1 aliphatic heterocycles. The zero-order chi connectivity index (χ0) is 15.0. The standard InChI is InChI=1S/C12H18N4O3S/c1-9-11(10(2)19-14-9)20(17,18)15-12(8-13)4-6-16(3)7-5-12/h15H,4-7H2,1-3H3. The highest BCUT2D eigenvalue weighted by Gasteiger charge is 2.39. The van der Waals surface area contributed by atoms with Crippen molar-refractivity contribution in [2.45, 2.75) is 37.1 Å². The van der Waals surface area contributed by atoms with Gasteiger partial charge in [0.25, 0.3) is 0 Å². The van der Waals surface area contributed by atoms with E-state index in [-0.39, 0.29) is 10.7 Å². The second kappa shape index (κ2) is 5.16. The Morgan fingerprint density at radius 3 is 2.45 bits per heavy atom. The number of hydrogen-bond donors (Lipinski definition) is 1. The highest BCUT2D eigenvalue weighted by molar-refractivity contribution is 7.89. The first-order valence-corrected chi connectivity index (χ1v) is 7.85. The average molecular weight is 298 g/mol. The maximum Gasteiger partial charge on any atom is 0.247 e. The molecule has 8 heteroatoms. The van der Waals surface area contributed by atoms with Crippen LogP contribution in [0.1, 0.15) is 24.3 Å². The van der Waals surface area contributed by atoms with Crippen molar-refractivity contribution in [3.63, 3.8) is 0 Å². The van der Waals surface area contributed by atoms with E-state index in [9.17, 15) is 13.7 Å². The minimum absolute atomic E-state index is 0.0334. The maximum absolute atomic E-state index is 12.5. The minimum Gasteiger partial charge on any atom is -0.360 e. The minimum atomic E-state index is -3.81. The number of hydrogen-bond acceptors (Lipinski definition) is 6. The number of likely N-dealkylation sites (tertiary alicyclic amines) is 1. The maximum atomic E-state index is 12.5. The third-order valence-corrected chi connectivity index (χ3v) is 5.40. The van der Waals surface area contributed by atoms with E-state index in [1.165, 1.54) is 0 Å². The van der Waals surface area contributed by atoms with Crippen molar-refractivity contribution in [2.24, 2.45) is 0 Å². The van der Waals surface area contributed by atoms with Gasteiger partial charge in [0.2, 0.25) is 10.0 Å². The summed E-state index contributed by atoms with van der Waals surface area (Å²) in [7, 11) is -1.86. The van der Waals surface area contributed by atoms with E-state index in [1.807, 2.05) is 7.05 Å². The molecule has 0 aromatic carbocycles. The first kappa shape index (κ1) is 15.0. The molecule has 2 heterocycles. The Labute approximate surface area is 118 Å². The van der Waals surface area contributed by atoms with Crippen molar-refractivity contribution in [1.29, 1.82) is 5.26 Å². The molecule has 1 aromatic rings. The van der Waals surface area contributed by atoms with Gasteiger partial charge in [0.05, 0.1) is 6.07 Å². The summed E-state index contributed by atoms with van der Waals surface area (Å²) in [6, 6.07) is 2.13. The van der Waals surface area contributed by atoms with Crippen molar-refractivity contribution >= 4 is 10.0 Å². The predicted molar refractivity (Wildman–Crippen MR) is 71.4 cm³/mol. The van der Waals surface area contributed by atoms with Crippen molar-refractivity contribution in [2.75, 3.05) is 20.1 Å². The SMILES string of the molecule is Cc1noc(C)c1S(=O)(=O)NC1(C#N)CCN(C)CC1. The van der Waals surface area contributed by atoms with Crippen LogP contribution in [0.4, 0.5) is 0 Å². The number of nitrogens with zero attached hydrogens (tertiary/aromatic N) is 3. The molecule has 0 radical (unpaired) electrons. The van der Waals surface area contributed by atoms with Crippen LogP contribution in [0.5, 0.6) is 0 Å². The first-order valence-electron chi connectivity index (χ1n) is 6.36. The number of rotatable bonds is 3. The van der Waals surface area contributed by atoms with Gasteiger partial charge in [-0.3, -0.25) is 0 Å². The van der Waals surface area contributed by atoms with E-state index in [4.69, 9.17) is 4.52 Å². The summed E-state index contributed by atoms with van der Waals surface area (Å²) in [6.07, 6.45) is 0.922. The van der Waals surface area contributed by atoms with E-state index in [0.717, 1.165) is 0 Å². The number of nitrogens with one attached hydrogen (secondary N) is 1. The lowest BCUT2D eigenvalue weighted by molar-refractivity contribution is 0.213. The van der Waals surface area contributed by atoms with Crippen LogP contribution < -0.4 is 4.72 Å². The molecule has 0 amide bonds. The molecule has 1 fully saturated rings. The Balaban J connectivity index is 2.30. The Kier molecular flexibility index (Phi) is 3.86. The van der Waals surface area contributed by atoms with Gasteiger partial charge in [-0.05, 0) is 33.7 Å². The zero-order valence-electron chi connectivity index (χ0n) is 11.8. The van der Waals surface area contributed by atoms with Crippen LogP contribution in [0.25, 0.3) is 0 Å². The summed E-state index contributed by atoms with van der Waals surface area (Å²) in [5.74, 6) is 0.232. The van der Waals surface area contributed by atoms with Crippen molar-refractivity contribution in [3.8, 4) is 6.07 Å². The fourth-order valence-electron chi connectivity index (χ4n) is 2.40. The van der Waals surface area contributed by atoms with Gasteiger partial charge in [0, 0.05) is 13.1 Å². The molecule has 2 rings (SSSR count). The van der Waals surface area contributed by atoms with E-state index in [0.29, 0.717) is 31.6 Å². The number of aromatic nitrogens is 1. The number of nitriles is 1. The number of sulfonamides is 1. The van der Waals surface area contributed by atoms with Crippen LogP contribution in [-0.4, -0.2) is 44.2 Å². The molecule has 0 bridgehead atoms. The Morgan fingerprint density at radius 1 is 1.40 bits per heavy atom. The van der Waals surface area contributed by atoms with Crippen LogP contribution in [-0.2, 0) is 10.0 Å². The van der Waals surface area contributed by atoms with E-state index in [1.54, 1.807) is 13.8 Å². The highest BCUT2D eigenvalue weighted by Crippen LogP contribution is 2.26. The fourth-order valence-corrected chi connectivity index (χ4v) is 4.11. The van der Waals surface area contributed by atoms with Gasteiger partial charge in [-0.15, -0.1) is 0 Å². The summed E-state index contributed by atoms with van der Waals surface area (Å²) < 4.78 is 32.4. The monoisotopic (exact) mass is 298 g/mol. The summed E-state index contributed by atoms with van der Waals surface area (Å²) in [6.45, 7) is 4.47. The molecule has 0 atom stereocenters. The number of piperidine rings is 1. The highest BCUT2D eigenvalue weighted by atomic mass is 32.2. The third-order valence-electron chi connectivity index (χ3n) is 3.62. The van der Waals surface area contributed by atoms with Crippen LogP contribution >= 0.6 is 0 Å². The van der Waals surface area contributed by atoms with Gasteiger partial charge in [0.1, 0.15) is 16.1 Å². The summed E-state index contributed by atoms with van der Waals surface area (Å²) in [5.41, 5.74) is -0.752. The molecular formula is C12H18N4O3S. The summed E-state index contributed by atoms with van der Waals surface area (Å²) in [4.78, 5) is 2.10. The molecule has 0 aliphatic carbocycles. The van der Waals surface area contributed by atoms with Gasteiger partial charge >= 0.3 is 0 Å². The van der Waals surface area contributed by atoms with Gasteiger partial charge in [-0.25, -0.2) is 8.42 Å². The summed E-state index contributed by atoms with van der Waals surface area (Å²) >= 11 is 0. The van der Waals surface area contributed by atoms with Crippen LogP contribution in [0.3, 0.4) is 0 Å². The lowest BCUT2D eigenvalue weighted by Gasteiger charge is -2.35. The topological polar surface area (TPSA) is 99.2 Å². The quantitative estimate of drug-likeness (QED) is 0.875. The van der Waals surface area contributed by atoms with Gasteiger partial charge < -0.3 is 9.42 Å². The molecule has 1 aromatic heterocycles. The molecular weight excluding hydrogens is 280 g/mol. The van der Waals surface area contributed by atoms with Crippen molar-refractivity contribution < 1.29 is 12.9 Å². The average Bonchev–Trinajstić information content (AvgIpc) is 2.72. The van der Waals surface area contributed by atoms with Crippen LogP contribution in [0, 0.1) is 25.2 Å². The van der Waals surface area contributed by atoms with Crippen molar-refractivity contribution in [3.05, 3.63) is 11.5 Å². The molecule has 7 nitrogen and oxygen atoms in total. The molecule has 1 aliphatic rings. The largest absolute Gasteiger partial charge is 0.360 e. The van der Waals surface area contributed by atoms with Crippen molar-refractivity contribution in [1.82, 2.24) is 14.8 Å². The predicted octanol–water partition coefficient (Wildman–Crippen LogP) is 0.558. The van der Waals surface area contributed by atoms with Crippen LogP contribution in [0.15, 0.2) is 9.42 Å². The molecule has 0 saturated carbocycles. The van der Waals surface area contributed by atoms with E-state index < -0.39 is 15.6 Å². The van der Waals surface area contributed by atoms with Crippen LogP contribution in [0.2, 0.25) is 0 Å². The summed E-state index contributed by atoms with van der Waals surface area (Å²) in [5, 5.41) is 13.0. The normalized spacial score (nSPS) is 19.7. The van der Waals surface area contributed by atoms with Gasteiger partial charge in [0.15, 0.2) is 5.76 Å². The van der Waals surface area contributed by atoms with Gasteiger partial charge in [-0.1, -0.05) is 5.16 Å². The second-order valence-electron chi connectivity index (χ2n) is 5.26.